The molecule has 5 nitrogen and oxygen atoms in total. The molecular formula is C12H19ClN4O. The summed E-state index contributed by atoms with van der Waals surface area (Å²) in [4.78, 5) is 18.0. The van der Waals surface area contributed by atoms with Crippen LogP contribution in [-0.4, -0.2) is 49.5 Å². The highest BCUT2D eigenvalue weighted by molar-refractivity contribution is 6.29. The van der Waals surface area contributed by atoms with Crippen molar-refractivity contribution in [1.29, 1.82) is 0 Å². The minimum atomic E-state index is -0.139. The predicted molar refractivity (Wildman–Crippen MR) is 74.3 cm³/mol. The first kappa shape index (κ1) is 14.7. The Morgan fingerprint density at radius 3 is 2.78 bits per heavy atom. The van der Waals surface area contributed by atoms with Crippen LogP contribution in [0, 0.1) is 0 Å². The molecule has 2 N–H and O–H groups in total. The predicted octanol–water partition coefficient (Wildman–Crippen LogP) is 1.46. The molecule has 100 valence electrons. The number of rotatable bonds is 6. The van der Waals surface area contributed by atoms with Crippen molar-refractivity contribution in [3.05, 3.63) is 22.8 Å². The van der Waals surface area contributed by atoms with Crippen molar-refractivity contribution in [2.45, 2.75) is 6.92 Å². The van der Waals surface area contributed by atoms with Gasteiger partial charge in [0.25, 0.3) is 5.91 Å². The number of amides is 1. The Kier molecular flexibility index (Phi) is 5.88. The van der Waals surface area contributed by atoms with Crippen LogP contribution < -0.4 is 10.6 Å². The number of nitrogens with one attached hydrogen (secondary N) is 2. The molecular weight excluding hydrogens is 252 g/mol. The van der Waals surface area contributed by atoms with E-state index in [9.17, 15) is 4.79 Å². The molecule has 0 aliphatic rings. The van der Waals surface area contributed by atoms with Crippen LogP contribution in [0.4, 0.5) is 5.82 Å². The standard InChI is InChI=1S/C12H19ClN4O/c1-4-14-11-8-9(7-10(13)16-11)12(18)15-5-6-17(2)3/h7-8H,4-6H2,1-3H3,(H,14,16)(H,15,18). The molecule has 1 amide bonds. The second-order valence-corrected chi connectivity index (χ2v) is 4.54. The molecule has 1 rings (SSSR count). The maximum atomic E-state index is 11.9. The number of carbonyl (C=O) groups is 1. The molecule has 0 radical (unpaired) electrons. The summed E-state index contributed by atoms with van der Waals surface area (Å²) < 4.78 is 0. The van der Waals surface area contributed by atoms with Gasteiger partial charge < -0.3 is 15.5 Å². The molecule has 0 fully saturated rings. The SMILES string of the molecule is CCNc1cc(C(=O)NCCN(C)C)cc(Cl)n1. The summed E-state index contributed by atoms with van der Waals surface area (Å²) >= 11 is 5.87. The molecule has 1 heterocycles. The molecule has 0 saturated heterocycles. The summed E-state index contributed by atoms with van der Waals surface area (Å²) in [5.41, 5.74) is 0.518. The normalized spacial score (nSPS) is 10.5. The van der Waals surface area contributed by atoms with Crippen LogP contribution >= 0.6 is 11.6 Å². The lowest BCUT2D eigenvalue weighted by atomic mass is 10.2. The van der Waals surface area contributed by atoms with Crippen molar-refractivity contribution in [1.82, 2.24) is 15.2 Å². The molecule has 0 spiro atoms. The van der Waals surface area contributed by atoms with Crippen molar-refractivity contribution in [3.8, 4) is 0 Å². The largest absolute Gasteiger partial charge is 0.370 e. The number of hydrogen-bond donors (Lipinski definition) is 2. The Morgan fingerprint density at radius 2 is 2.17 bits per heavy atom. The van der Waals surface area contributed by atoms with E-state index in [0.29, 0.717) is 23.1 Å². The number of hydrogen-bond acceptors (Lipinski definition) is 4. The molecule has 0 aliphatic heterocycles. The van der Waals surface area contributed by atoms with E-state index < -0.39 is 0 Å². The zero-order valence-electron chi connectivity index (χ0n) is 11.0. The number of likely N-dealkylation sites (N-methyl/N-ethyl adjacent to an activating group) is 1. The van der Waals surface area contributed by atoms with Gasteiger partial charge >= 0.3 is 0 Å². The van der Waals surface area contributed by atoms with Gasteiger partial charge in [0.15, 0.2) is 0 Å². The smallest absolute Gasteiger partial charge is 0.251 e. The zero-order chi connectivity index (χ0) is 13.5. The molecule has 0 aliphatic carbocycles. The molecule has 0 saturated carbocycles. The Labute approximate surface area is 113 Å². The van der Waals surface area contributed by atoms with Gasteiger partial charge in [-0.05, 0) is 33.2 Å². The van der Waals surface area contributed by atoms with E-state index in [0.717, 1.165) is 13.1 Å². The fraction of sp³-hybridized carbons (Fsp3) is 0.500. The van der Waals surface area contributed by atoms with Gasteiger partial charge in [-0.15, -0.1) is 0 Å². The zero-order valence-corrected chi connectivity index (χ0v) is 11.7. The summed E-state index contributed by atoms with van der Waals surface area (Å²) in [6, 6.07) is 3.26. The summed E-state index contributed by atoms with van der Waals surface area (Å²) in [7, 11) is 3.91. The van der Waals surface area contributed by atoms with Gasteiger partial charge in [-0.3, -0.25) is 4.79 Å². The van der Waals surface area contributed by atoms with Crippen molar-refractivity contribution < 1.29 is 4.79 Å². The van der Waals surface area contributed by atoms with Gasteiger partial charge in [0.05, 0.1) is 0 Å². The van der Waals surface area contributed by atoms with Crippen molar-refractivity contribution in [2.24, 2.45) is 0 Å². The lowest BCUT2D eigenvalue weighted by Gasteiger charge is -2.11. The summed E-state index contributed by atoms with van der Waals surface area (Å²) in [5.74, 6) is 0.475. The van der Waals surface area contributed by atoms with Gasteiger partial charge in [-0.25, -0.2) is 4.98 Å². The summed E-state index contributed by atoms with van der Waals surface area (Å²) in [6.45, 7) is 4.08. The minimum Gasteiger partial charge on any atom is -0.370 e. The van der Waals surface area contributed by atoms with Crippen LogP contribution in [0.3, 0.4) is 0 Å². The Morgan fingerprint density at radius 1 is 1.44 bits per heavy atom. The van der Waals surface area contributed by atoms with E-state index in [4.69, 9.17) is 11.6 Å². The highest BCUT2D eigenvalue weighted by Gasteiger charge is 2.08. The van der Waals surface area contributed by atoms with E-state index >= 15 is 0 Å². The first-order valence-electron chi connectivity index (χ1n) is 5.87. The van der Waals surface area contributed by atoms with Gasteiger partial charge in [-0.2, -0.15) is 0 Å². The third-order valence-corrected chi connectivity index (χ3v) is 2.45. The van der Waals surface area contributed by atoms with Crippen LogP contribution in [0.25, 0.3) is 0 Å². The molecule has 0 atom stereocenters. The van der Waals surface area contributed by atoms with E-state index in [1.165, 1.54) is 0 Å². The van der Waals surface area contributed by atoms with E-state index in [1.807, 2.05) is 25.9 Å². The van der Waals surface area contributed by atoms with Crippen molar-refractivity contribution in [3.63, 3.8) is 0 Å². The number of nitrogens with zero attached hydrogens (tertiary/aromatic N) is 2. The Bertz CT molecular complexity index is 409. The second kappa shape index (κ2) is 7.18. The maximum absolute atomic E-state index is 11.9. The molecule has 1 aromatic heterocycles. The fourth-order valence-corrected chi connectivity index (χ4v) is 1.60. The topological polar surface area (TPSA) is 57.3 Å². The second-order valence-electron chi connectivity index (χ2n) is 4.15. The van der Waals surface area contributed by atoms with Crippen LogP contribution in [0.5, 0.6) is 0 Å². The first-order valence-corrected chi connectivity index (χ1v) is 6.25. The number of halogens is 1. The van der Waals surface area contributed by atoms with Gasteiger partial charge in [0, 0.05) is 25.2 Å². The molecule has 0 unspecified atom stereocenters. The minimum absolute atomic E-state index is 0.139. The van der Waals surface area contributed by atoms with Gasteiger partial charge in [-0.1, -0.05) is 11.6 Å². The summed E-state index contributed by atoms with van der Waals surface area (Å²) in [6.07, 6.45) is 0. The third-order valence-electron chi connectivity index (χ3n) is 2.26. The third kappa shape index (κ3) is 4.89. The van der Waals surface area contributed by atoms with E-state index in [-0.39, 0.29) is 5.91 Å². The average molecular weight is 271 g/mol. The molecule has 6 heteroatoms. The first-order chi connectivity index (χ1) is 8.52. The lowest BCUT2D eigenvalue weighted by Crippen LogP contribution is -2.31. The van der Waals surface area contributed by atoms with Crippen molar-refractivity contribution >= 4 is 23.3 Å². The monoisotopic (exact) mass is 270 g/mol. The molecule has 0 aromatic carbocycles. The van der Waals surface area contributed by atoms with Crippen LogP contribution in [0.2, 0.25) is 5.15 Å². The van der Waals surface area contributed by atoms with Crippen LogP contribution in [-0.2, 0) is 0 Å². The molecule has 1 aromatic rings. The molecule has 18 heavy (non-hydrogen) atoms. The molecule has 0 bridgehead atoms. The van der Waals surface area contributed by atoms with Gasteiger partial charge in [0.1, 0.15) is 11.0 Å². The van der Waals surface area contributed by atoms with Crippen LogP contribution in [0.15, 0.2) is 12.1 Å². The fourth-order valence-electron chi connectivity index (χ4n) is 1.39. The lowest BCUT2D eigenvalue weighted by molar-refractivity contribution is 0.0951. The van der Waals surface area contributed by atoms with E-state index in [1.54, 1.807) is 12.1 Å². The summed E-state index contributed by atoms with van der Waals surface area (Å²) in [5, 5.41) is 6.18. The Balaban J connectivity index is 2.66. The van der Waals surface area contributed by atoms with Gasteiger partial charge in [0.2, 0.25) is 0 Å². The maximum Gasteiger partial charge on any atom is 0.251 e. The highest BCUT2D eigenvalue weighted by atomic mass is 35.5. The highest BCUT2D eigenvalue weighted by Crippen LogP contribution is 2.14. The number of anilines is 1. The number of carbonyl (C=O) groups excluding carboxylic acids is 1. The van der Waals surface area contributed by atoms with E-state index in [2.05, 4.69) is 15.6 Å². The number of pyridine rings is 1. The van der Waals surface area contributed by atoms with Crippen molar-refractivity contribution in [2.75, 3.05) is 39.0 Å². The quantitative estimate of drug-likeness (QED) is 0.769. The van der Waals surface area contributed by atoms with Crippen LogP contribution in [0.1, 0.15) is 17.3 Å². The average Bonchev–Trinajstić information content (AvgIpc) is 2.28. The Hall–Kier alpha value is -1.33. The number of aromatic nitrogens is 1.